The highest BCUT2D eigenvalue weighted by Crippen LogP contribution is 2.22. The third-order valence-electron chi connectivity index (χ3n) is 5.75. The fourth-order valence-corrected chi connectivity index (χ4v) is 4.24. The predicted molar refractivity (Wildman–Crippen MR) is 109 cm³/mol. The molecule has 2 aromatic carbocycles. The maximum absolute atomic E-state index is 14.0. The first-order chi connectivity index (χ1) is 13.6. The minimum atomic E-state index is -0.254. The molecule has 4 nitrogen and oxygen atoms in total. The lowest BCUT2D eigenvalue weighted by atomic mass is 10.00. The second-order valence-electron chi connectivity index (χ2n) is 7.59. The van der Waals surface area contributed by atoms with Crippen LogP contribution in [0, 0.1) is 5.82 Å². The van der Waals surface area contributed by atoms with Crippen molar-refractivity contribution in [3.8, 4) is 0 Å². The molecule has 0 unspecified atom stereocenters. The van der Waals surface area contributed by atoms with E-state index in [9.17, 15) is 9.18 Å². The van der Waals surface area contributed by atoms with Crippen molar-refractivity contribution in [3.63, 3.8) is 0 Å². The van der Waals surface area contributed by atoms with Crippen molar-refractivity contribution in [3.05, 3.63) is 70.0 Å². The number of nitrogens with zero attached hydrogens (tertiary/aromatic N) is 3. The largest absolute Gasteiger partial charge is 0.337 e. The Hall–Kier alpha value is -1.95. The molecule has 0 aromatic heterocycles. The molecule has 6 heteroatoms. The number of rotatable bonds is 4. The molecule has 0 atom stereocenters. The average molecular weight is 402 g/mol. The number of amides is 1. The second kappa shape index (κ2) is 8.60. The molecule has 28 heavy (non-hydrogen) atoms. The first kappa shape index (κ1) is 19.4. The normalized spacial score (nSPS) is 18.1. The van der Waals surface area contributed by atoms with Gasteiger partial charge in [-0.2, -0.15) is 0 Å². The Kier molecular flexibility index (Phi) is 5.95. The Balaban J connectivity index is 1.27. The standard InChI is InChI=1S/C22H25ClFN3O/c23-20-6-3-7-21(24)19(20)15-25-10-12-26(13-11-25)16-22(28)27-9-8-17-4-1-2-5-18(17)14-27/h1-7H,8-16H2. The summed E-state index contributed by atoms with van der Waals surface area (Å²) in [5.41, 5.74) is 3.17. The number of piperazine rings is 1. The molecule has 2 aromatic rings. The summed E-state index contributed by atoms with van der Waals surface area (Å²) in [5, 5.41) is 0.475. The van der Waals surface area contributed by atoms with Gasteiger partial charge in [0.15, 0.2) is 0 Å². The maximum atomic E-state index is 14.0. The zero-order valence-corrected chi connectivity index (χ0v) is 16.7. The molecule has 0 saturated carbocycles. The van der Waals surface area contributed by atoms with Crippen LogP contribution < -0.4 is 0 Å². The Morgan fingerprint density at radius 2 is 1.64 bits per heavy atom. The van der Waals surface area contributed by atoms with E-state index in [0.29, 0.717) is 30.2 Å². The minimum absolute atomic E-state index is 0.195. The maximum Gasteiger partial charge on any atom is 0.237 e. The van der Waals surface area contributed by atoms with Crippen LogP contribution in [-0.2, 0) is 24.3 Å². The highest BCUT2D eigenvalue weighted by Gasteiger charge is 2.25. The summed E-state index contributed by atoms with van der Waals surface area (Å²) in [4.78, 5) is 19.1. The van der Waals surface area contributed by atoms with Crippen LogP contribution in [0.25, 0.3) is 0 Å². The molecule has 0 spiro atoms. The molecule has 2 aliphatic heterocycles. The lowest BCUT2D eigenvalue weighted by Crippen LogP contribution is -2.50. The van der Waals surface area contributed by atoms with Gasteiger partial charge in [-0.15, -0.1) is 0 Å². The highest BCUT2D eigenvalue weighted by atomic mass is 35.5. The number of hydrogen-bond donors (Lipinski definition) is 0. The van der Waals surface area contributed by atoms with Crippen LogP contribution >= 0.6 is 11.6 Å². The van der Waals surface area contributed by atoms with Gasteiger partial charge in [0.2, 0.25) is 5.91 Å². The summed E-state index contributed by atoms with van der Waals surface area (Å²) in [6.07, 6.45) is 0.930. The van der Waals surface area contributed by atoms with E-state index in [2.05, 4.69) is 28.0 Å². The van der Waals surface area contributed by atoms with E-state index >= 15 is 0 Å². The van der Waals surface area contributed by atoms with Crippen LogP contribution in [0.3, 0.4) is 0 Å². The molecule has 1 saturated heterocycles. The van der Waals surface area contributed by atoms with Gasteiger partial charge in [-0.3, -0.25) is 14.6 Å². The zero-order valence-electron chi connectivity index (χ0n) is 15.9. The van der Waals surface area contributed by atoms with Crippen molar-refractivity contribution in [2.24, 2.45) is 0 Å². The molecule has 2 aliphatic rings. The van der Waals surface area contributed by atoms with E-state index in [1.165, 1.54) is 17.2 Å². The fourth-order valence-electron chi connectivity index (χ4n) is 4.01. The van der Waals surface area contributed by atoms with Gasteiger partial charge in [0, 0.05) is 56.4 Å². The quantitative estimate of drug-likeness (QED) is 0.787. The van der Waals surface area contributed by atoms with Crippen LogP contribution in [0.4, 0.5) is 4.39 Å². The smallest absolute Gasteiger partial charge is 0.237 e. The van der Waals surface area contributed by atoms with Gasteiger partial charge in [-0.05, 0) is 29.7 Å². The number of fused-ring (bicyclic) bond motifs is 1. The summed E-state index contributed by atoms with van der Waals surface area (Å²) < 4.78 is 14.0. The highest BCUT2D eigenvalue weighted by molar-refractivity contribution is 6.31. The molecular weight excluding hydrogens is 377 g/mol. The van der Waals surface area contributed by atoms with Crippen LogP contribution in [-0.4, -0.2) is 59.9 Å². The second-order valence-corrected chi connectivity index (χ2v) is 7.99. The van der Waals surface area contributed by atoms with Gasteiger partial charge >= 0.3 is 0 Å². The van der Waals surface area contributed by atoms with Crippen LogP contribution in [0.5, 0.6) is 0 Å². The Morgan fingerprint density at radius 1 is 0.929 bits per heavy atom. The number of halogens is 2. The van der Waals surface area contributed by atoms with E-state index in [1.807, 2.05) is 11.0 Å². The van der Waals surface area contributed by atoms with Crippen molar-refractivity contribution in [2.45, 2.75) is 19.5 Å². The van der Waals surface area contributed by atoms with Crippen LogP contribution in [0.2, 0.25) is 5.02 Å². The van der Waals surface area contributed by atoms with E-state index < -0.39 is 0 Å². The van der Waals surface area contributed by atoms with Gasteiger partial charge in [-0.1, -0.05) is 41.9 Å². The third kappa shape index (κ3) is 4.37. The Bertz CT molecular complexity index is 831. The summed E-state index contributed by atoms with van der Waals surface area (Å²) in [6.45, 7) is 5.70. The Morgan fingerprint density at radius 3 is 2.39 bits per heavy atom. The third-order valence-corrected chi connectivity index (χ3v) is 6.10. The Labute approximate surface area is 170 Å². The monoisotopic (exact) mass is 401 g/mol. The summed E-state index contributed by atoms with van der Waals surface area (Å²) in [5.74, 6) is -0.0596. The summed E-state index contributed by atoms with van der Waals surface area (Å²) >= 11 is 6.14. The van der Waals surface area contributed by atoms with E-state index in [1.54, 1.807) is 12.1 Å². The lowest BCUT2D eigenvalue weighted by molar-refractivity contribution is -0.133. The zero-order chi connectivity index (χ0) is 19.5. The topological polar surface area (TPSA) is 26.8 Å². The molecule has 148 valence electrons. The summed E-state index contributed by atoms with van der Waals surface area (Å²) in [7, 11) is 0. The predicted octanol–water partition coefficient (Wildman–Crippen LogP) is 3.18. The first-order valence-corrected chi connectivity index (χ1v) is 10.2. The lowest BCUT2D eigenvalue weighted by Gasteiger charge is -2.36. The van der Waals surface area contributed by atoms with E-state index in [4.69, 9.17) is 11.6 Å². The van der Waals surface area contributed by atoms with E-state index in [-0.39, 0.29) is 11.7 Å². The summed E-state index contributed by atoms with van der Waals surface area (Å²) in [6, 6.07) is 13.2. The minimum Gasteiger partial charge on any atom is -0.337 e. The van der Waals surface area contributed by atoms with Gasteiger partial charge in [0.05, 0.1) is 6.54 Å². The molecule has 4 rings (SSSR count). The number of benzene rings is 2. The molecule has 2 heterocycles. The van der Waals surface area contributed by atoms with Crippen molar-refractivity contribution < 1.29 is 9.18 Å². The van der Waals surface area contributed by atoms with Crippen molar-refractivity contribution in [1.82, 2.24) is 14.7 Å². The first-order valence-electron chi connectivity index (χ1n) is 9.82. The van der Waals surface area contributed by atoms with Gasteiger partial charge in [-0.25, -0.2) is 4.39 Å². The van der Waals surface area contributed by atoms with Crippen molar-refractivity contribution in [2.75, 3.05) is 39.3 Å². The molecule has 0 bridgehead atoms. The van der Waals surface area contributed by atoms with E-state index in [0.717, 1.165) is 39.1 Å². The molecule has 1 fully saturated rings. The fraction of sp³-hybridized carbons (Fsp3) is 0.409. The SMILES string of the molecule is O=C(CN1CCN(Cc2c(F)cccc2Cl)CC1)N1CCc2ccccc2C1. The molecule has 0 radical (unpaired) electrons. The molecule has 0 aliphatic carbocycles. The van der Waals surface area contributed by atoms with Crippen molar-refractivity contribution >= 4 is 17.5 Å². The average Bonchev–Trinajstić information content (AvgIpc) is 2.71. The van der Waals surface area contributed by atoms with Crippen LogP contribution in [0.15, 0.2) is 42.5 Å². The number of hydrogen-bond acceptors (Lipinski definition) is 3. The van der Waals surface area contributed by atoms with Gasteiger partial charge < -0.3 is 4.90 Å². The van der Waals surface area contributed by atoms with Crippen molar-refractivity contribution in [1.29, 1.82) is 0 Å². The molecule has 1 amide bonds. The van der Waals surface area contributed by atoms with Gasteiger partial charge in [0.1, 0.15) is 5.82 Å². The number of carbonyl (C=O) groups excluding carboxylic acids is 1. The van der Waals surface area contributed by atoms with Gasteiger partial charge in [0.25, 0.3) is 0 Å². The molecular formula is C22H25ClFN3O. The molecule has 0 N–H and O–H groups in total. The van der Waals surface area contributed by atoms with Crippen LogP contribution in [0.1, 0.15) is 16.7 Å². The number of carbonyl (C=O) groups is 1.